The zero-order valence-corrected chi connectivity index (χ0v) is 22.0. The molecule has 0 N–H and O–H groups in total. The lowest BCUT2D eigenvalue weighted by Crippen LogP contribution is -2.19. The average molecular weight is 474 g/mol. The number of anilines is 2. The van der Waals surface area contributed by atoms with Gasteiger partial charge < -0.3 is 4.90 Å². The summed E-state index contributed by atoms with van der Waals surface area (Å²) in [6.07, 6.45) is 0. The van der Waals surface area contributed by atoms with Crippen LogP contribution in [0.5, 0.6) is 0 Å². The van der Waals surface area contributed by atoms with E-state index in [1.165, 1.54) is 0 Å². The first kappa shape index (κ1) is 26.8. The Hall–Kier alpha value is -3.41. The number of hydrogen-bond acceptors (Lipinski definition) is 5. The van der Waals surface area contributed by atoms with Gasteiger partial charge in [-0.1, -0.05) is 71.3 Å². The standard InChI is InChI=1S/C18H21N3.C10H11ClN2/c1-13-8-6-7-9-15(13)21(5)17-14(12-19)10-11-16(20-17)18(2,3)4;1-10(2,3)8-5-4-7(6-12)9(11)13-8/h6-11H,1-5H3;4-5H,1-3H3. The summed E-state index contributed by atoms with van der Waals surface area (Å²) < 4.78 is 0. The van der Waals surface area contributed by atoms with Crippen molar-refractivity contribution in [3.8, 4) is 12.1 Å². The topological polar surface area (TPSA) is 76.6 Å². The molecule has 5 nitrogen and oxygen atoms in total. The molecule has 0 bridgehead atoms. The highest BCUT2D eigenvalue weighted by Crippen LogP contribution is 2.30. The van der Waals surface area contributed by atoms with Crippen LogP contribution in [0.1, 0.15) is 69.6 Å². The van der Waals surface area contributed by atoms with Crippen LogP contribution in [-0.2, 0) is 10.8 Å². The molecule has 0 aliphatic rings. The Morgan fingerprint density at radius 3 is 1.74 bits per heavy atom. The van der Waals surface area contributed by atoms with Gasteiger partial charge in [-0.3, -0.25) is 0 Å². The summed E-state index contributed by atoms with van der Waals surface area (Å²) in [5, 5.41) is 18.3. The van der Waals surface area contributed by atoms with Gasteiger partial charge in [0, 0.05) is 35.0 Å². The minimum atomic E-state index is -0.0463. The van der Waals surface area contributed by atoms with E-state index in [4.69, 9.17) is 21.8 Å². The first-order valence-electron chi connectivity index (χ1n) is 11.1. The van der Waals surface area contributed by atoms with Gasteiger partial charge in [0.1, 0.15) is 17.3 Å². The molecule has 1 aromatic carbocycles. The number of pyridine rings is 2. The lowest BCUT2D eigenvalue weighted by Gasteiger charge is -2.25. The van der Waals surface area contributed by atoms with Gasteiger partial charge in [0.2, 0.25) is 0 Å². The van der Waals surface area contributed by atoms with Gasteiger partial charge in [0.25, 0.3) is 0 Å². The lowest BCUT2D eigenvalue weighted by atomic mass is 9.91. The number of para-hydroxylation sites is 1. The first-order valence-corrected chi connectivity index (χ1v) is 11.5. The Labute approximate surface area is 208 Å². The van der Waals surface area contributed by atoms with Crippen molar-refractivity contribution in [3.05, 3.63) is 81.8 Å². The highest BCUT2D eigenvalue weighted by Gasteiger charge is 2.20. The largest absolute Gasteiger partial charge is 0.328 e. The maximum atomic E-state index is 9.36. The minimum Gasteiger partial charge on any atom is -0.328 e. The number of halogens is 1. The molecule has 0 unspecified atom stereocenters. The summed E-state index contributed by atoms with van der Waals surface area (Å²) in [6, 6.07) is 19.7. The molecule has 0 amide bonds. The van der Waals surface area contributed by atoms with Crippen molar-refractivity contribution in [3.63, 3.8) is 0 Å². The maximum absolute atomic E-state index is 9.36. The van der Waals surface area contributed by atoms with Crippen LogP contribution < -0.4 is 4.90 Å². The molecule has 0 aliphatic heterocycles. The van der Waals surface area contributed by atoms with E-state index in [1.807, 2.05) is 54.4 Å². The molecule has 2 aromatic heterocycles. The molecule has 0 saturated carbocycles. The third kappa shape index (κ3) is 6.56. The SMILES string of the molecule is CC(C)(C)c1ccc(C#N)c(Cl)n1.Cc1ccccc1N(C)c1nc(C(C)(C)C)ccc1C#N. The predicted molar refractivity (Wildman–Crippen MR) is 140 cm³/mol. The van der Waals surface area contributed by atoms with Crippen LogP contribution in [0.25, 0.3) is 0 Å². The van der Waals surface area contributed by atoms with Crippen molar-refractivity contribution >= 4 is 23.1 Å². The van der Waals surface area contributed by atoms with Crippen LogP contribution in [0.4, 0.5) is 11.5 Å². The quantitative estimate of drug-likeness (QED) is 0.367. The molecule has 0 spiro atoms. The normalized spacial score (nSPS) is 11.0. The molecule has 0 radical (unpaired) electrons. The molecule has 3 aromatic rings. The average Bonchev–Trinajstić information content (AvgIpc) is 2.77. The molecule has 3 rings (SSSR count). The van der Waals surface area contributed by atoms with E-state index < -0.39 is 0 Å². The minimum absolute atomic E-state index is 0.0301. The predicted octanol–water partition coefficient (Wildman–Crippen LogP) is 7.23. The van der Waals surface area contributed by atoms with Crippen molar-refractivity contribution < 1.29 is 0 Å². The Morgan fingerprint density at radius 2 is 1.26 bits per heavy atom. The van der Waals surface area contributed by atoms with Gasteiger partial charge in [-0.25, -0.2) is 9.97 Å². The van der Waals surface area contributed by atoms with Crippen LogP contribution in [-0.4, -0.2) is 17.0 Å². The van der Waals surface area contributed by atoms with E-state index in [9.17, 15) is 5.26 Å². The monoisotopic (exact) mass is 473 g/mol. The van der Waals surface area contributed by atoms with E-state index in [0.717, 1.165) is 22.6 Å². The third-order valence-corrected chi connectivity index (χ3v) is 5.58. The van der Waals surface area contributed by atoms with E-state index in [-0.39, 0.29) is 16.0 Å². The van der Waals surface area contributed by atoms with Gasteiger partial charge in [-0.15, -0.1) is 0 Å². The third-order valence-electron chi connectivity index (χ3n) is 5.30. The molecule has 0 atom stereocenters. The fraction of sp³-hybridized carbons (Fsp3) is 0.357. The second kappa shape index (κ2) is 10.7. The molecule has 2 heterocycles. The molecule has 6 heteroatoms. The molecular formula is C28H32ClN5. The Balaban J connectivity index is 0.000000270. The van der Waals surface area contributed by atoms with Crippen molar-refractivity contribution in [2.75, 3.05) is 11.9 Å². The van der Waals surface area contributed by atoms with Crippen LogP contribution in [0.15, 0.2) is 48.5 Å². The van der Waals surface area contributed by atoms with Crippen molar-refractivity contribution in [2.45, 2.75) is 59.3 Å². The number of nitrogens with zero attached hydrogens (tertiary/aromatic N) is 5. The van der Waals surface area contributed by atoms with Crippen LogP contribution in [0.3, 0.4) is 0 Å². The zero-order chi connectivity index (χ0) is 25.7. The number of nitriles is 2. The fourth-order valence-corrected chi connectivity index (χ4v) is 3.39. The maximum Gasteiger partial charge on any atom is 0.151 e. The van der Waals surface area contributed by atoms with Crippen molar-refractivity contribution in [2.24, 2.45) is 0 Å². The molecule has 0 saturated heterocycles. The van der Waals surface area contributed by atoms with E-state index in [2.05, 4.69) is 65.6 Å². The summed E-state index contributed by atoms with van der Waals surface area (Å²) >= 11 is 5.80. The summed E-state index contributed by atoms with van der Waals surface area (Å²) in [4.78, 5) is 10.9. The van der Waals surface area contributed by atoms with Gasteiger partial charge in [-0.2, -0.15) is 10.5 Å². The molecule has 34 heavy (non-hydrogen) atoms. The molecule has 176 valence electrons. The van der Waals surface area contributed by atoms with E-state index in [1.54, 1.807) is 6.07 Å². The smallest absolute Gasteiger partial charge is 0.151 e. The first-order chi connectivity index (χ1) is 15.8. The van der Waals surface area contributed by atoms with Gasteiger partial charge >= 0.3 is 0 Å². The fourth-order valence-electron chi connectivity index (χ4n) is 3.20. The molecule has 0 fully saturated rings. The second-order valence-electron chi connectivity index (χ2n) is 10.2. The Bertz CT molecular complexity index is 1240. The number of aromatic nitrogens is 2. The number of hydrogen-bond donors (Lipinski definition) is 0. The summed E-state index contributed by atoms with van der Waals surface area (Å²) in [6.45, 7) is 14.6. The second-order valence-corrected chi connectivity index (χ2v) is 10.5. The van der Waals surface area contributed by atoms with Crippen molar-refractivity contribution in [1.82, 2.24) is 9.97 Å². The lowest BCUT2D eigenvalue weighted by molar-refractivity contribution is 0.568. The van der Waals surface area contributed by atoms with Crippen LogP contribution in [0.2, 0.25) is 5.15 Å². The Kier molecular flexibility index (Phi) is 8.43. The molecule has 0 aliphatic carbocycles. The number of benzene rings is 1. The summed E-state index contributed by atoms with van der Waals surface area (Å²) in [5.74, 6) is 0.708. The van der Waals surface area contributed by atoms with Gasteiger partial charge in [-0.05, 0) is 42.8 Å². The highest BCUT2D eigenvalue weighted by molar-refractivity contribution is 6.30. The highest BCUT2D eigenvalue weighted by atomic mass is 35.5. The van der Waals surface area contributed by atoms with Crippen LogP contribution >= 0.6 is 11.6 Å². The number of aryl methyl sites for hydroxylation is 1. The number of rotatable bonds is 2. The Morgan fingerprint density at radius 1 is 0.765 bits per heavy atom. The van der Waals surface area contributed by atoms with E-state index >= 15 is 0 Å². The zero-order valence-electron chi connectivity index (χ0n) is 21.2. The van der Waals surface area contributed by atoms with E-state index in [0.29, 0.717) is 16.9 Å². The molecular weight excluding hydrogens is 442 g/mol. The summed E-state index contributed by atoms with van der Waals surface area (Å²) in [5.41, 5.74) is 5.05. The van der Waals surface area contributed by atoms with Crippen LogP contribution in [0, 0.1) is 29.6 Å². The van der Waals surface area contributed by atoms with Crippen molar-refractivity contribution in [1.29, 1.82) is 10.5 Å². The summed E-state index contributed by atoms with van der Waals surface area (Å²) in [7, 11) is 1.96. The van der Waals surface area contributed by atoms with Gasteiger partial charge in [0.05, 0.1) is 11.1 Å². The van der Waals surface area contributed by atoms with Gasteiger partial charge in [0.15, 0.2) is 5.82 Å².